The van der Waals surface area contributed by atoms with Crippen molar-refractivity contribution in [1.29, 1.82) is 0 Å². The Morgan fingerprint density at radius 3 is 2.46 bits per heavy atom. The lowest BCUT2D eigenvalue weighted by molar-refractivity contribution is 0.0219. The molecule has 5 rings (SSSR count). The van der Waals surface area contributed by atoms with Crippen LogP contribution in [-0.4, -0.2) is 73.2 Å². The largest absolute Gasteiger partial charge is 0.482 e. The van der Waals surface area contributed by atoms with Crippen LogP contribution in [0.3, 0.4) is 0 Å². The van der Waals surface area contributed by atoms with Gasteiger partial charge in [-0.2, -0.15) is 0 Å². The average Bonchev–Trinajstić information content (AvgIpc) is 3.55. The molecule has 15 heteroatoms. The van der Waals surface area contributed by atoms with Gasteiger partial charge in [0.25, 0.3) is 11.8 Å². The van der Waals surface area contributed by atoms with E-state index in [1.54, 1.807) is 55.1 Å². The zero-order valence-corrected chi connectivity index (χ0v) is 28.0. The number of hydrogen-bond donors (Lipinski definition) is 1. The molecular formula is C33H39F2N4O8P. The number of aromatic nitrogens is 1. The molecule has 2 aromatic carbocycles. The highest BCUT2D eigenvalue weighted by Gasteiger charge is 2.52. The molecule has 0 radical (unpaired) electrons. The maximum Gasteiger partial charge on any atom is 0.330 e. The van der Waals surface area contributed by atoms with E-state index >= 15 is 0 Å². The van der Waals surface area contributed by atoms with E-state index in [4.69, 9.17) is 18.5 Å². The number of halogens is 2. The molecule has 1 unspecified atom stereocenters. The number of likely N-dealkylation sites (N-methyl/N-ethyl adjacent to an activating group) is 1. The summed E-state index contributed by atoms with van der Waals surface area (Å²) in [5.74, 6) is -3.34. The maximum absolute atomic E-state index is 14.5. The molecule has 0 aliphatic carbocycles. The number of ether oxygens (including phenoxy) is 2. The molecule has 1 spiro atoms. The Balaban J connectivity index is 1.53. The molecule has 3 heterocycles. The zero-order valence-electron chi connectivity index (χ0n) is 27.1. The van der Waals surface area contributed by atoms with E-state index in [1.807, 2.05) is 6.07 Å². The monoisotopic (exact) mass is 688 g/mol. The third-order valence-electron chi connectivity index (χ3n) is 8.39. The molecule has 2 aliphatic rings. The fourth-order valence-corrected chi connectivity index (χ4v) is 7.62. The molecule has 3 aromatic rings. The van der Waals surface area contributed by atoms with Gasteiger partial charge in [0.15, 0.2) is 17.1 Å². The number of nitrogens with zero attached hydrogens (tertiary/aromatic N) is 3. The SMILES string of the molecule is CCOP(=O)(CCCN1C(=O)c2c(OCc3ccccc3)c(=O)c(C(=O)NCc3ccc(F)cc3F)cn2N(C)C12CCOC2)OCC. The Labute approximate surface area is 277 Å². The summed E-state index contributed by atoms with van der Waals surface area (Å²) >= 11 is 0. The van der Waals surface area contributed by atoms with Gasteiger partial charge in [-0.3, -0.25) is 28.6 Å². The first-order chi connectivity index (χ1) is 23.0. The molecule has 0 saturated carbocycles. The first-order valence-corrected chi connectivity index (χ1v) is 17.5. The van der Waals surface area contributed by atoms with Gasteiger partial charge in [0.05, 0.1) is 32.6 Å². The van der Waals surface area contributed by atoms with E-state index in [-0.39, 0.29) is 74.7 Å². The summed E-state index contributed by atoms with van der Waals surface area (Å²) in [4.78, 5) is 43.5. The van der Waals surface area contributed by atoms with Crippen molar-refractivity contribution < 1.29 is 41.5 Å². The second kappa shape index (κ2) is 15.0. The molecule has 2 amide bonds. The van der Waals surface area contributed by atoms with E-state index in [2.05, 4.69) is 5.32 Å². The van der Waals surface area contributed by atoms with Gasteiger partial charge in [0.1, 0.15) is 23.8 Å². The van der Waals surface area contributed by atoms with Gasteiger partial charge in [0.2, 0.25) is 5.43 Å². The molecule has 1 aromatic heterocycles. The highest BCUT2D eigenvalue weighted by molar-refractivity contribution is 7.53. The Bertz CT molecular complexity index is 1740. The minimum absolute atomic E-state index is 0.0200. The minimum atomic E-state index is -3.39. The van der Waals surface area contributed by atoms with Gasteiger partial charge in [-0.15, -0.1) is 0 Å². The highest BCUT2D eigenvalue weighted by Crippen LogP contribution is 2.49. The third-order valence-corrected chi connectivity index (χ3v) is 10.6. The van der Waals surface area contributed by atoms with Crippen LogP contribution < -0.4 is 20.5 Å². The lowest BCUT2D eigenvalue weighted by Gasteiger charge is -2.52. The second-order valence-electron chi connectivity index (χ2n) is 11.4. The quantitative estimate of drug-likeness (QED) is 0.245. The summed E-state index contributed by atoms with van der Waals surface area (Å²) in [5, 5.41) is 4.25. The van der Waals surface area contributed by atoms with Crippen LogP contribution in [0.1, 0.15) is 58.7 Å². The van der Waals surface area contributed by atoms with Crippen LogP contribution in [0.25, 0.3) is 0 Å². The van der Waals surface area contributed by atoms with Crippen LogP contribution >= 0.6 is 7.60 Å². The first-order valence-electron chi connectivity index (χ1n) is 15.7. The van der Waals surface area contributed by atoms with Crippen molar-refractivity contribution in [2.75, 3.05) is 51.2 Å². The molecule has 258 valence electrons. The summed E-state index contributed by atoms with van der Waals surface area (Å²) in [6.45, 7) is 4.05. The fraction of sp³-hybridized carbons (Fsp3) is 0.424. The fourth-order valence-electron chi connectivity index (χ4n) is 5.97. The van der Waals surface area contributed by atoms with E-state index in [0.717, 1.165) is 6.07 Å². The molecule has 1 atom stereocenters. The molecule has 2 aliphatic heterocycles. The van der Waals surface area contributed by atoms with Gasteiger partial charge in [-0.05, 0) is 31.9 Å². The van der Waals surface area contributed by atoms with E-state index < -0.39 is 42.1 Å². The van der Waals surface area contributed by atoms with E-state index in [0.29, 0.717) is 24.7 Å². The van der Waals surface area contributed by atoms with Crippen LogP contribution in [0.2, 0.25) is 0 Å². The Morgan fingerprint density at radius 2 is 1.81 bits per heavy atom. The first kappa shape index (κ1) is 35.2. The average molecular weight is 689 g/mol. The number of carbonyl (C=O) groups excluding carboxylic acids is 2. The van der Waals surface area contributed by atoms with Crippen LogP contribution in [0.4, 0.5) is 8.78 Å². The van der Waals surface area contributed by atoms with Crippen molar-refractivity contribution >= 4 is 19.4 Å². The van der Waals surface area contributed by atoms with Crippen LogP contribution in [0, 0.1) is 11.6 Å². The Hall–Kier alpha value is -4.10. The molecule has 1 saturated heterocycles. The minimum Gasteiger partial charge on any atom is -0.482 e. The highest BCUT2D eigenvalue weighted by atomic mass is 31.2. The van der Waals surface area contributed by atoms with Crippen LogP contribution in [0.15, 0.2) is 59.5 Å². The molecule has 48 heavy (non-hydrogen) atoms. The zero-order chi connectivity index (χ0) is 34.5. The summed E-state index contributed by atoms with van der Waals surface area (Å²) in [5.41, 5.74) is -1.56. The number of pyridine rings is 1. The van der Waals surface area contributed by atoms with Gasteiger partial charge >= 0.3 is 7.60 Å². The maximum atomic E-state index is 14.5. The number of hydrogen-bond acceptors (Lipinski definition) is 9. The van der Waals surface area contributed by atoms with Gasteiger partial charge in [0, 0.05) is 44.4 Å². The van der Waals surface area contributed by atoms with Crippen molar-refractivity contribution in [3.8, 4) is 5.75 Å². The van der Waals surface area contributed by atoms with Crippen molar-refractivity contribution in [3.63, 3.8) is 0 Å². The van der Waals surface area contributed by atoms with Gasteiger partial charge in [-0.1, -0.05) is 36.4 Å². The lowest BCUT2D eigenvalue weighted by atomic mass is 10.0. The van der Waals surface area contributed by atoms with E-state index in [9.17, 15) is 27.7 Å². The molecule has 1 N–H and O–H groups in total. The molecule has 0 bridgehead atoms. The summed E-state index contributed by atoms with van der Waals surface area (Å²) < 4.78 is 65.0. The van der Waals surface area contributed by atoms with E-state index in [1.165, 1.54) is 16.9 Å². The number of amides is 2. The predicted octanol–water partition coefficient (Wildman–Crippen LogP) is 4.43. The molecular weight excluding hydrogens is 649 g/mol. The number of fused-ring (bicyclic) bond motifs is 1. The third kappa shape index (κ3) is 7.17. The number of benzene rings is 2. The number of rotatable bonds is 14. The van der Waals surface area contributed by atoms with Crippen LogP contribution in [0.5, 0.6) is 5.75 Å². The van der Waals surface area contributed by atoms with Gasteiger partial charge < -0.3 is 28.7 Å². The standard InChI is InChI=1S/C33H39F2N4O8P/c1-4-46-48(43,47-5-2)17-9-15-38-32(42)28-30(45-21-23-10-7-6-8-11-23)29(40)26(20-39(28)37(3)33(38)14-16-44-22-33)31(41)36-19-24-12-13-25(34)18-27(24)35/h6-8,10-13,18,20H,4-5,9,14-17,19,21-22H2,1-3H3,(H,36,41). The molecule has 1 fully saturated rings. The van der Waals surface area contributed by atoms with Crippen LogP contribution in [-0.2, 0) is 31.5 Å². The number of carbonyl (C=O) groups is 2. The summed E-state index contributed by atoms with van der Waals surface area (Å²) in [6, 6.07) is 12.0. The second-order valence-corrected chi connectivity index (χ2v) is 13.6. The summed E-state index contributed by atoms with van der Waals surface area (Å²) in [6.07, 6.45) is 2.00. The van der Waals surface area contributed by atoms with Gasteiger partial charge in [-0.25, -0.2) is 8.78 Å². The van der Waals surface area contributed by atoms with Crippen molar-refractivity contribution in [2.45, 2.75) is 45.5 Å². The predicted molar refractivity (Wildman–Crippen MR) is 173 cm³/mol. The van der Waals surface area contributed by atoms with Crippen molar-refractivity contribution in [1.82, 2.24) is 14.9 Å². The lowest BCUT2D eigenvalue weighted by Crippen LogP contribution is -2.70. The normalized spacial score (nSPS) is 17.6. The topological polar surface area (TPSA) is 129 Å². The molecule has 12 nitrogen and oxygen atoms in total. The van der Waals surface area contributed by atoms with Crippen molar-refractivity contribution in [3.05, 3.63) is 99.0 Å². The summed E-state index contributed by atoms with van der Waals surface area (Å²) in [7, 11) is -1.68. The Kier molecular flexibility index (Phi) is 11.0. The smallest absolute Gasteiger partial charge is 0.330 e. The number of nitrogens with one attached hydrogen (secondary N) is 1. The Morgan fingerprint density at radius 1 is 1.08 bits per heavy atom. The van der Waals surface area contributed by atoms with Crippen molar-refractivity contribution in [2.24, 2.45) is 0 Å².